The fraction of sp³-hybridized carbons (Fsp3) is 0.333. The first-order chi connectivity index (χ1) is 9.40. The molecule has 9 nitrogen and oxygen atoms in total. The summed E-state index contributed by atoms with van der Waals surface area (Å²) in [6.07, 6.45) is 0. The Balaban J connectivity index is 2.95. The highest BCUT2D eigenvalue weighted by Crippen LogP contribution is 2.17. The van der Waals surface area contributed by atoms with Crippen molar-refractivity contribution in [2.24, 2.45) is 4.36 Å². The molecule has 0 saturated heterocycles. The number of ether oxygens (including phenoxy) is 1. The van der Waals surface area contributed by atoms with Gasteiger partial charge in [0.1, 0.15) is 0 Å². The molecule has 0 radical (unpaired) electrons. The average molecular weight is 318 g/mol. The van der Waals surface area contributed by atoms with Gasteiger partial charge in [0.25, 0.3) is 0 Å². The Bertz CT molecular complexity index is 650. The highest BCUT2D eigenvalue weighted by atomic mass is 32.2. The molecule has 0 aromatic carbocycles. The SMILES string of the molecule is COc1cc(CSC(C)=O)nc(NC(=O)N=S(=O)=O)n1. The normalized spacial score (nSPS) is 9.70. The third kappa shape index (κ3) is 5.75. The third-order valence-corrected chi connectivity index (χ3v) is 2.93. The molecule has 0 bridgehead atoms. The molecule has 0 atom stereocenters. The van der Waals surface area contributed by atoms with Crippen molar-refractivity contribution in [2.45, 2.75) is 12.7 Å². The summed E-state index contributed by atoms with van der Waals surface area (Å²) < 4.78 is 28.1. The molecule has 2 amide bonds. The maximum Gasteiger partial charge on any atom is 0.362 e. The van der Waals surface area contributed by atoms with Gasteiger partial charge in [0.15, 0.2) is 5.12 Å². The summed E-state index contributed by atoms with van der Waals surface area (Å²) in [4.78, 5) is 29.8. The fourth-order valence-corrected chi connectivity index (χ4v) is 1.75. The highest BCUT2D eigenvalue weighted by Gasteiger charge is 2.09. The van der Waals surface area contributed by atoms with Gasteiger partial charge in [-0.2, -0.15) is 13.4 Å². The molecular formula is C9H10N4O5S2. The largest absolute Gasteiger partial charge is 0.481 e. The number of carbonyl (C=O) groups is 2. The number of nitrogens with one attached hydrogen (secondary N) is 1. The minimum atomic E-state index is -2.86. The Morgan fingerprint density at radius 3 is 2.70 bits per heavy atom. The van der Waals surface area contributed by atoms with E-state index in [2.05, 4.69) is 19.6 Å². The van der Waals surface area contributed by atoms with Crippen LogP contribution in [0.15, 0.2) is 10.4 Å². The van der Waals surface area contributed by atoms with E-state index in [1.165, 1.54) is 20.1 Å². The molecule has 0 unspecified atom stereocenters. The summed E-state index contributed by atoms with van der Waals surface area (Å²) in [5.74, 6) is 0.266. The van der Waals surface area contributed by atoms with E-state index in [1.54, 1.807) is 0 Å². The molecule has 0 aliphatic heterocycles. The standard InChI is InChI=1S/C9H10N4O5S2/c1-5(14)19-4-6-3-7(18-2)11-8(10-6)12-9(15)13-20(16)17/h3H,4H2,1-2H3,(H,10,11,12,15). The van der Waals surface area contributed by atoms with Crippen LogP contribution in [0.2, 0.25) is 0 Å². The van der Waals surface area contributed by atoms with Gasteiger partial charge in [-0.1, -0.05) is 16.1 Å². The van der Waals surface area contributed by atoms with Crippen molar-refractivity contribution in [2.75, 3.05) is 12.4 Å². The molecule has 0 spiro atoms. The number of thioether (sulfide) groups is 1. The molecule has 1 N–H and O–H groups in total. The van der Waals surface area contributed by atoms with Crippen LogP contribution < -0.4 is 10.1 Å². The maximum absolute atomic E-state index is 11.1. The number of hydrogen-bond acceptors (Lipinski definition) is 8. The molecule has 1 rings (SSSR count). The van der Waals surface area contributed by atoms with Crippen LogP contribution in [0.1, 0.15) is 12.6 Å². The number of methoxy groups -OCH3 is 1. The molecule has 1 aromatic rings. The first-order valence-electron chi connectivity index (χ1n) is 5.08. The van der Waals surface area contributed by atoms with Gasteiger partial charge in [-0.25, -0.2) is 9.78 Å². The van der Waals surface area contributed by atoms with Crippen LogP contribution in [0.3, 0.4) is 0 Å². The summed E-state index contributed by atoms with van der Waals surface area (Å²) in [5.41, 5.74) is 0.440. The number of hydrogen-bond donors (Lipinski definition) is 1. The van der Waals surface area contributed by atoms with Crippen molar-refractivity contribution in [3.8, 4) is 5.88 Å². The lowest BCUT2D eigenvalue weighted by Gasteiger charge is -2.06. The number of aromatic nitrogens is 2. The molecule has 0 fully saturated rings. The molecule has 108 valence electrons. The highest BCUT2D eigenvalue weighted by molar-refractivity contribution is 8.12. The van der Waals surface area contributed by atoms with E-state index in [0.29, 0.717) is 5.69 Å². The summed E-state index contributed by atoms with van der Waals surface area (Å²) in [5, 5.41) is 1.99. The van der Waals surface area contributed by atoms with Crippen molar-refractivity contribution >= 4 is 39.4 Å². The van der Waals surface area contributed by atoms with Crippen LogP contribution >= 0.6 is 11.8 Å². The van der Waals surface area contributed by atoms with E-state index < -0.39 is 16.5 Å². The summed E-state index contributed by atoms with van der Waals surface area (Å²) >= 11 is 1.02. The van der Waals surface area contributed by atoms with E-state index in [4.69, 9.17) is 4.74 Å². The number of carbonyl (C=O) groups excluding carboxylic acids is 2. The topological polar surface area (TPSA) is 128 Å². The van der Waals surface area contributed by atoms with Crippen molar-refractivity contribution in [1.82, 2.24) is 9.97 Å². The van der Waals surface area contributed by atoms with Crippen molar-refractivity contribution in [1.29, 1.82) is 0 Å². The van der Waals surface area contributed by atoms with Crippen molar-refractivity contribution in [3.63, 3.8) is 0 Å². The molecule has 20 heavy (non-hydrogen) atoms. The molecule has 1 aromatic heterocycles. The van der Waals surface area contributed by atoms with Gasteiger partial charge in [-0.05, 0) is 0 Å². The van der Waals surface area contributed by atoms with Crippen LogP contribution in [0.4, 0.5) is 10.7 Å². The van der Waals surface area contributed by atoms with Gasteiger partial charge in [0.05, 0.1) is 12.8 Å². The van der Waals surface area contributed by atoms with Crippen molar-refractivity contribution < 1.29 is 22.7 Å². The Morgan fingerprint density at radius 1 is 1.45 bits per heavy atom. The second kappa shape index (κ2) is 7.55. The van der Waals surface area contributed by atoms with Gasteiger partial charge >= 0.3 is 16.5 Å². The zero-order chi connectivity index (χ0) is 15.1. The number of amides is 2. The Morgan fingerprint density at radius 2 is 2.15 bits per heavy atom. The minimum absolute atomic E-state index is 0.0927. The maximum atomic E-state index is 11.1. The Hall–Kier alpha value is -2.01. The van der Waals surface area contributed by atoms with Crippen LogP contribution in [0.25, 0.3) is 0 Å². The molecule has 0 aliphatic rings. The predicted octanol–water partition coefficient (Wildman–Crippen LogP) is 0.859. The summed E-state index contributed by atoms with van der Waals surface area (Å²) in [6.45, 7) is 1.41. The third-order valence-electron chi connectivity index (χ3n) is 1.76. The monoisotopic (exact) mass is 318 g/mol. The predicted molar refractivity (Wildman–Crippen MR) is 70.9 cm³/mol. The zero-order valence-corrected chi connectivity index (χ0v) is 12.1. The second-order valence-electron chi connectivity index (χ2n) is 3.24. The van der Waals surface area contributed by atoms with Gasteiger partial charge in [-0.15, -0.1) is 0 Å². The summed E-state index contributed by atoms with van der Waals surface area (Å²) in [6, 6.07) is 0.367. The van der Waals surface area contributed by atoms with Crippen LogP contribution in [-0.2, 0) is 21.0 Å². The van der Waals surface area contributed by atoms with E-state index in [-0.39, 0.29) is 22.7 Å². The first kappa shape index (κ1) is 16.0. The van der Waals surface area contributed by atoms with Gasteiger partial charge in [0, 0.05) is 18.7 Å². The first-order valence-corrected chi connectivity index (χ1v) is 7.10. The van der Waals surface area contributed by atoms with E-state index in [1.807, 2.05) is 0 Å². The Labute approximate surface area is 119 Å². The number of rotatable bonds is 4. The van der Waals surface area contributed by atoms with Crippen LogP contribution in [0, 0.1) is 0 Å². The van der Waals surface area contributed by atoms with Crippen LogP contribution in [0.5, 0.6) is 5.88 Å². The molecular weight excluding hydrogens is 308 g/mol. The fourth-order valence-electron chi connectivity index (χ4n) is 1.07. The quantitative estimate of drug-likeness (QED) is 0.865. The number of anilines is 1. The lowest BCUT2D eigenvalue weighted by molar-refractivity contribution is -0.109. The van der Waals surface area contributed by atoms with Gasteiger partial charge in [-0.3, -0.25) is 10.1 Å². The summed E-state index contributed by atoms with van der Waals surface area (Å²) in [7, 11) is -1.50. The zero-order valence-electron chi connectivity index (χ0n) is 10.5. The molecule has 0 saturated carbocycles. The second-order valence-corrected chi connectivity index (χ2v) is 5.01. The van der Waals surface area contributed by atoms with E-state index >= 15 is 0 Å². The lowest BCUT2D eigenvalue weighted by Crippen LogP contribution is -2.11. The lowest BCUT2D eigenvalue weighted by atomic mass is 10.4. The Kier molecular flexibility index (Phi) is 6.06. The smallest absolute Gasteiger partial charge is 0.362 e. The van der Waals surface area contributed by atoms with Gasteiger partial charge in [0.2, 0.25) is 11.8 Å². The molecule has 1 heterocycles. The van der Waals surface area contributed by atoms with E-state index in [9.17, 15) is 18.0 Å². The van der Waals surface area contributed by atoms with E-state index in [0.717, 1.165) is 11.8 Å². The van der Waals surface area contributed by atoms with Gasteiger partial charge < -0.3 is 4.74 Å². The number of urea groups is 1. The molecule has 11 heteroatoms. The molecule has 0 aliphatic carbocycles. The average Bonchev–Trinajstić information content (AvgIpc) is 2.34. The van der Waals surface area contributed by atoms with Crippen molar-refractivity contribution in [3.05, 3.63) is 11.8 Å². The number of nitrogens with zero attached hydrogens (tertiary/aromatic N) is 3. The minimum Gasteiger partial charge on any atom is -0.481 e. The van der Waals surface area contributed by atoms with Crippen LogP contribution in [-0.4, -0.2) is 36.6 Å².